The number of aromatic nitrogens is 2. The zero-order valence-electron chi connectivity index (χ0n) is 12.1. The molecular weight excluding hydrogens is 257 g/mol. The molecule has 1 heterocycles. The van der Waals surface area contributed by atoms with Gasteiger partial charge in [0.25, 0.3) is 0 Å². The predicted octanol–water partition coefficient (Wildman–Crippen LogP) is 3.27. The van der Waals surface area contributed by atoms with E-state index < -0.39 is 5.82 Å². The van der Waals surface area contributed by atoms with E-state index in [9.17, 15) is 4.39 Å². The molecule has 0 atom stereocenters. The monoisotopic (exact) mass is 275 g/mol. The van der Waals surface area contributed by atoms with Crippen LogP contribution in [0.15, 0.2) is 18.2 Å². The molecule has 0 radical (unpaired) electrons. The van der Waals surface area contributed by atoms with Crippen molar-refractivity contribution in [1.29, 1.82) is 0 Å². The van der Waals surface area contributed by atoms with Crippen LogP contribution in [-0.2, 0) is 0 Å². The minimum absolute atomic E-state index is 0.0797. The third kappa shape index (κ3) is 2.87. The highest BCUT2D eigenvalue weighted by molar-refractivity contribution is 5.74. The van der Waals surface area contributed by atoms with Gasteiger partial charge in [-0.25, -0.2) is 14.4 Å². The molecular formula is C15H18FN3O. The van der Waals surface area contributed by atoms with Crippen LogP contribution in [0.4, 0.5) is 10.1 Å². The molecule has 0 fully saturated rings. The minimum atomic E-state index is -0.426. The van der Waals surface area contributed by atoms with Gasteiger partial charge in [-0.2, -0.15) is 0 Å². The van der Waals surface area contributed by atoms with Crippen LogP contribution in [0.25, 0.3) is 11.3 Å². The van der Waals surface area contributed by atoms with Crippen molar-refractivity contribution in [2.24, 2.45) is 0 Å². The molecule has 4 nitrogen and oxygen atoms in total. The molecule has 0 aliphatic rings. The molecule has 2 N–H and O–H groups in total. The maximum Gasteiger partial charge on any atom is 0.165 e. The lowest BCUT2D eigenvalue weighted by Crippen LogP contribution is -2.07. The summed E-state index contributed by atoms with van der Waals surface area (Å²) in [5.74, 6) is 0.406. The first-order chi connectivity index (χ1) is 9.38. The van der Waals surface area contributed by atoms with Gasteiger partial charge in [-0.1, -0.05) is 0 Å². The number of nitrogen functional groups attached to an aromatic ring is 1. The van der Waals surface area contributed by atoms with Crippen molar-refractivity contribution in [3.05, 3.63) is 35.5 Å². The molecule has 20 heavy (non-hydrogen) atoms. The quantitative estimate of drug-likeness (QED) is 0.934. The number of hydrogen-bond acceptors (Lipinski definition) is 4. The van der Waals surface area contributed by atoms with Gasteiger partial charge < -0.3 is 10.5 Å². The maximum absolute atomic E-state index is 14.0. The molecule has 1 aromatic carbocycles. The number of nitrogens with zero attached hydrogens (tertiary/aromatic N) is 2. The van der Waals surface area contributed by atoms with Crippen LogP contribution < -0.4 is 10.5 Å². The average molecular weight is 275 g/mol. The van der Waals surface area contributed by atoms with E-state index in [1.807, 2.05) is 13.8 Å². The third-order valence-corrected chi connectivity index (χ3v) is 2.82. The molecule has 0 unspecified atom stereocenters. The van der Waals surface area contributed by atoms with Gasteiger partial charge in [-0.3, -0.25) is 0 Å². The number of halogens is 1. The zero-order valence-corrected chi connectivity index (χ0v) is 12.1. The number of rotatable bonds is 3. The Kier molecular flexibility index (Phi) is 3.88. The average Bonchev–Trinajstić information content (AvgIpc) is 2.36. The first-order valence-corrected chi connectivity index (χ1v) is 6.45. The van der Waals surface area contributed by atoms with Gasteiger partial charge >= 0.3 is 0 Å². The molecule has 0 saturated carbocycles. The summed E-state index contributed by atoms with van der Waals surface area (Å²) >= 11 is 0. The Bertz CT molecular complexity index is 641. The van der Waals surface area contributed by atoms with Crippen molar-refractivity contribution >= 4 is 5.69 Å². The van der Waals surface area contributed by atoms with E-state index in [1.54, 1.807) is 26.0 Å². The van der Waals surface area contributed by atoms with E-state index >= 15 is 0 Å². The number of anilines is 1. The standard InChI is InChI=1S/C15H18FN3O/c1-8(2)20-13-6-5-11(7-12(13)16)15-14(17)9(3)18-10(4)19-15/h5-8H,17H2,1-4H3. The second kappa shape index (κ2) is 5.45. The van der Waals surface area contributed by atoms with Gasteiger partial charge in [0.15, 0.2) is 11.6 Å². The molecule has 0 aliphatic heterocycles. The summed E-state index contributed by atoms with van der Waals surface area (Å²) in [6.07, 6.45) is -0.0797. The second-order valence-corrected chi connectivity index (χ2v) is 4.93. The summed E-state index contributed by atoms with van der Waals surface area (Å²) in [6, 6.07) is 4.73. The molecule has 2 aromatic rings. The predicted molar refractivity (Wildman–Crippen MR) is 77.1 cm³/mol. The lowest BCUT2D eigenvalue weighted by molar-refractivity contribution is 0.231. The number of aryl methyl sites for hydroxylation is 2. The fraction of sp³-hybridized carbons (Fsp3) is 0.333. The lowest BCUT2D eigenvalue weighted by Gasteiger charge is -2.12. The fourth-order valence-electron chi connectivity index (χ4n) is 1.94. The summed E-state index contributed by atoms with van der Waals surface area (Å²) < 4.78 is 19.4. The first kappa shape index (κ1) is 14.2. The van der Waals surface area contributed by atoms with Crippen LogP contribution in [0.5, 0.6) is 5.75 Å². The molecule has 5 heteroatoms. The van der Waals surface area contributed by atoms with E-state index in [-0.39, 0.29) is 11.9 Å². The summed E-state index contributed by atoms with van der Waals surface area (Å²) in [6.45, 7) is 7.29. The fourth-order valence-corrected chi connectivity index (χ4v) is 1.94. The Morgan fingerprint density at radius 3 is 2.50 bits per heavy atom. The highest BCUT2D eigenvalue weighted by Crippen LogP contribution is 2.29. The largest absolute Gasteiger partial charge is 0.488 e. The van der Waals surface area contributed by atoms with Gasteiger partial charge in [-0.15, -0.1) is 0 Å². The maximum atomic E-state index is 14.0. The van der Waals surface area contributed by atoms with E-state index in [0.717, 1.165) is 0 Å². The Labute approximate surface area is 117 Å². The molecule has 0 aliphatic carbocycles. The van der Waals surface area contributed by atoms with Gasteiger partial charge in [0, 0.05) is 5.56 Å². The summed E-state index contributed by atoms with van der Waals surface area (Å²) in [5, 5.41) is 0. The second-order valence-electron chi connectivity index (χ2n) is 4.93. The van der Waals surface area contributed by atoms with E-state index in [2.05, 4.69) is 9.97 Å². The van der Waals surface area contributed by atoms with Crippen molar-refractivity contribution in [2.75, 3.05) is 5.73 Å². The lowest BCUT2D eigenvalue weighted by atomic mass is 10.1. The van der Waals surface area contributed by atoms with Crippen LogP contribution in [0.2, 0.25) is 0 Å². The van der Waals surface area contributed by atoms with Gasteiger partial charge in [0.05, 0.1) is 23.2 Å². The highest BCUT2D eigenvalue weighted by atomic mass is 19.1. The molecule has 0 amide bonds. The van der Waals surface area contributed by atoms with Crippen molar-refractivity contribution in [3.8, 4) is 17.0 Å². The molecule has 1 aromatic heterocycles. The number of nitrogens with two attached hydrogens (primary N) is 1. The molecule has 0 bridgehead atoms. The topological polar surface area (TPSA) is 61.0 Å². The van der Waals surface area contributed by atoms with Crippen molar-refractivity contribution < 1.29 is 9.13 Å². The van der Waals surface area contributed by atoms with E-state index in [0.29, 0.717) is 28.5 Å². The van der Waals surface area contributed by atoms with Crippen LogP contribution in [-0.4, -0.2) is 16.1 Å². The van der Waals surface area contributed by atoms with Gasteiger partial charge in [0.2, 0.25) is 0 Å². The zero-order chi connectivity index (χ0) is 14.9. The first-order valence-electron chi connectivity index (χ1n) is 6.45. The Morgan fingerprint density at radius 2 is 1.90 bits per heavy atom. The van der Waals surface area contributed by atoms with Crippen molar-refractivity contribution in [1.82, 2.24) is 9.97 Å². The number of hydrogen-bond donors (Lipinski definition) is 1. The van der Waals surface area contributed by atoms with Crippen LogP contribution in [0.3, 0.4) is 0 Å². The Hall–Kier alpha value is -2.17. The van der Waals surface area contributed by atoms with Gasteiger partial charge in [0.1, 0.15) is 5.82 Å². The van der Waals surface area contributed by atoms with Crippen LogP contribution in [0, 0.1) is 19.7 Å². The highest BCUT2D eigenvalue weighted by Gasteiger charge is 2.13. The van der Waals surface area contributed by atoms with E-state index in [1.165, 1.54) is 6.07 Å². The van der Waals surface area contributed by atoms with Gasteiger partial charge in [-0.05, 0) is 45.9 Å². The Morgan fingerprint density at radius 1 is 1.20 bits per heavy atom. The molecule has 2 rings (SSSR count). The molecule has 106 valence electrons. The van der Waals surface area contributed by atoms with Crippen molar-refractivity contribution in [3.63, 3.8) is 0 Å². The molecule has 0 spiro atoms. The Balaban J connectivity index is 2.47. The van der Waals surface area contributed by atoms with Crippen LogP contribution >= 0.6 is 0 Å². The van der Waals surface area contributed by atoms with Crippen LogP contribution in [0.1, 0.15) is 25.4 Å². The minimum Gasteiger partial charge on any atom is -0.488 e. The summed E-state index contributed by atoms with van der Waals surface area (Å²) in [4.78, 5) is 8.48. The SMILES string of the molecule is Cc1nc(C)c(N)c(-c2ccc(OC(C)C)c(F)c2)n1. The normalized spacial score (nSPS) is 10.9. The third-order valence-electron chi connectivity index (χ3n) is 2.82. The molecule has 0 saturated heterocycles. The number of ether oxygens (including phenoxy) is 1. The van der Waals surface area contributed by atoms with E-state index in [4.69, 9.17) is 10.5 Å². The van der Waals surface area contributed by atoms with Crippen molar-refractivity contribution in [2.45, 2.75) is 33.8 Å². The smallest absolute Gasteiger partial charge is 0.165 e. The number of benzene rings is 1. The summed E-state index contributed by atoms with van der Waals surface area (Å²) in [5.41, 5.74) is 8.29. The summed E-state index contributed by atoms with van der Waals surface area (Å²) in [7, 11) is 0.